The molecule has 0 aromatic heterocycles. The molecule has 14 heavy (non-hydrogen) atoms. The van der Waals surface area contributed by atoms with Crippen molar-refractivity contribution in [1.29, 1.82) is 0 Å². The molecule has 0 N–H and O–H groups in total. The van der Waals surface area contributed by atoms with Crippen LogP contribution in [0.15, 0.2) is 17.0 Å². The molecule has 0 aliphatic heterocycles. The summed E-state index contributed by atoms with van der Waals surface area (Å²) in [6.07, 6.45) is 0. The molecular weight excluding hydrogens is 256 g/mol. The molecule has 1 rings (SSSR count). The number of thioether (sulfide) groups is 1. The summed E-state index contributed by atoms with van der Waals surface area (Å²) in [6, 6.07) is 2.50. The van der Waals surface area contributed by atoms with Gasteiger partial charge in [-0.1, -0.05) is 23.2 Å². The minimum absolute atomic E-state index is 0.00176. The van der Waals surface area contributed by atoms with E-state index in [2.05, 4.69) is 0 Å². The van der Waals surface area contributed by atoms with Crippen LogP contribution in [-0.4, -0.2) is 5.51 Å². The zero-order valence-corrected chi connectivity index (χ0v) is 9.28. The van der Waals surface area contributed by atoms with Gasteiger partial charge in [-0.25, -0.2) is 0 Å². The predicted molar refractivity (Wildman–Crippen MR) is 53.1 cm³/mol. The Balaban J connectivity index is 3.02. The van der Waals surface area contributed by atoms with Gasteiger partial charge in [0.15, 0.2) is 0 Å². The molecular formula is C8H5Cl2F3S. The second-order valence-corrected chi connectivity index (χ2v) is 4.51. The maximum atomic E-state index is 12.0. The third-order valence-electron chi connectivity index (χ3n) is 1.49. The van der Waals surface area contributed by atoms with Gasteiger partial charge < -0.3 is 0 Å². The van der Waals surface area contributed by atoms with Gasteiger partial charge in [-0.3, -0.25) is 0 Å². The number of benzene rings is 1. The zero-order chi connectivity index (χ0) is 10.9. The first-order chi connectivity index (χ1) is 6.29. The quantitative estimate of drug-likeness (QED) is 0.647. The average molecular weight is 261 g/mol. The van der Waals surface area contributed by atoms with Crippen LogP contribution in [0.3, 0.4) is 0 Å². The highest BCUT2D eigenvalue weighted by atomic mass is 35.5. The standard InChI is InChI=1S/C8H5Cl2F3S/c1-4-6(9)2-5(3-7(4)10)14-8(11,12)13/h2-3H,1H3. The Bertz CT molecular complexity index is 326. The van der Waals surface area contributed by atoms with Gasteiger partial charge in [0, 0.05) is 14.9 Å². The monoisotopic (exact) mass is 260 g/mol. The fourth-order valence-electron chi connectivity index (χ4n) is 0.815. The lowest BCUT2D eigenvalue weighted by Crippen LogP contribution is -1.99. The van der Waals surface area contributed by atoms with Gasteiger partial charge in [0.1, 0.15) is 0 Å². The minimum Gasteiger partial charge on any atom is -0.160 e. The number of rotatable bonds is 1. The molecule has 0 unspecified atom stereocenters. The molecule has 78 valence electrons. The molecule has 0 saturated heterocycles. The first-order valence-electron chi connectivity index (χ1n) is 3.51. The summed E-state index contributed by atoms with van der Waals surface area (Å²) >= 11 is 11.1. The highest BCUT2D eigenvalue weighted by Crippen LogP contribution is 2.39. The second kappa shape index (κ2) is 4.21. The number of hydrogen-bond donors (Lipinski definition) is 0. The minimum atomic E-state index is -4.32. The average Bonchev–Trinajstić information content (AvgIpc) is 1.96. The SMILES string of the molecule is Cc1c(Cl)cc(SC(F)(F)F)cc1Cl. The van der Waals surface area contributed by atoms with Crippen molar-refractivity contribution in [2.75, 3.05) is 0 Å². The molecule has 0 spiro atoms. The lowest BCUT2D eigenvalue weighted by molar-refractivity contribution is -0.0328. The van der Waals surface area contributed by atoms with Gasteiger partial charge in [-0.15, -0.1) is 0 Å². The highest BCUT2D eigenvalue weighted by Gasteiger charge is 2.29. The van der Waals surface area contributed by atoms with Crippen molar-refractivity contribution in [3.63, 3.8) is 0 Å². The molecule has 6 heteroatoms. The molecule has 0 atom stereocenters. The van der Waals surface area contributed by atoms with Crippen LogP contribution < -0.4 is 0 Å². The second-order valence-electron chi connectivity index (χ2n) is 2.56. The van der Waals surface area contributed by atoms with Crippen molar-refractivity contribution >= 4 is 35.0 Å². The summed E-state index contributed by atoms with van der Waals surface area (Å²) in [5.41, 5.74) is -3.73. The fourth-order valence-corrected chi connectivity index (χ4v) is 2.05. The van der Waals surface area contributed by atoms with Crippen LogP contribution in [0.5, 0.6) is 0 Å². The van der Waals surface area contributed by atoms with Crippen LogP contribution in [0, 0.1) is 6.92 Å². The number of alkyl halides is 3. The predicted octanol–water partition coefficient (Wildman–Crippen LogP) is 4.91. The van der Waals surface area contributed by atoms with Crippen molar-refractivity contribution in [3.8, 4) is 0 Å². The Morgan fingerprint density at radius 1 is 1.14 bits per heavy atom. The van der Waals surface area contributed by atoms with E-state index < -0.39 is 5.51 Å². The Labute approximate surface area is 93.4 Å². The van der Waals surface area contributed by atoms with Crippen molar-refractivity contribution in [1.82, 2.24) is 0 Å². The Kier molecular flexibility index (Phi) is 3.61. The van der Waals surface area contributed by atoms with Gasteiger partial charge in [-0.2, -0.15) is 13.2 Å². The molecule has 1 aromatic carbocycles. The highest BCUT2D eigenvalue weighted by molar-refractivity contribution is 8.00. The Morgan fingerprint density at radius 3 is 1.93 bits per heavy atom. The molecule has 0 aliphatic rings. The van der Waals surface area contributed by atoms with E-state index in [0.29, 0.717) is 5.56 Å². The smallest absolute Gasteiger partial charge is 0.160 e. The third-order valence-corrected chi connectivity index (χ3v) is 2.98. The molecule has 0 radical (unpaired) electrons. The van der Waals surface area contributed by atoms with Crippen LogP contribution in [-0.2, 0) is 0 Å². The molecule has 0 fully saturated rings. The summed E-state index contributed by atoms with van der Waals surface area (Å²) in [4.78, 5) is -0.00176. The van der Waals surface area contributed by atoms with Gasteiger partial charge in [0.2, 0.25) is 0 Å². The zero-order valence-electron chi connectivity index (χ0n) is 6.95. The third kappa shape index (κ3) is 3.26. The van der Waals surface area contributed by atoms with Gasteiger partial charge in [0.25, 0.3) is 0 Å². The van der Waals surface area contributed by atoms with Crippen molar-refractivity contribution in [2.45, 2.75) is 17.3 Å². The van der Waals surface area contributed by atoms with E-state index in [1.165, 1.54) is 12.1 Å². The topological polar surface area (TPSA) is 0 Å². The van der Waals surface area contributed by atoms with Crippen molar-refractivity contribution in [3.05, 3.63) is 27.7 Å². The van der Waals surface area contributed by atoms with E-state index in [0.717, 1.165) is 0 Å². The summed E-state index contributed by atoms with van der Waals surface area (Å²) in [6.45, 7) is 1.65. The van der Waals surface area contributed by atoms with Crippen LogP contribution in [0.25, 0.3) is 0 Å². The van der Waals surface area contributed by atoms with Crippen LogP contribution >= 0.6 is 35.0 Å². The normalized spacial score (nSPS) is 11.9. The van der Waals surface area contributed by atoms with E-state index in [1.54, 1.807) is 6.92 Å². The van der Waals surface area contributed by atoms with E-state index in [-0.39, 0.29) is 26.7 Å². The van der Waals surface area contributed by atoms with E-state index in [4.69, 9.17) is 23.2 Å². The molecule has 0 nitrogen and oxygen atoms in total. The first kappa shape index (κ1) is 12.0. The first-order valence-corrected chi connectivity index (χ1v) is 5.08. The molecule has 1 aromatic rings. The Morgan fingerprint density at radius 2 is 1.57 bits per heavy atom. The van der Waals surface area contributed by atoms with Crippen molar-refractivity contribution < 1.29 is 13.2 Å². The molecule has 0 aliphatic carbocycles. The summed E-state index contributed by atoms with van der Waals surface area (Å²) in [7, 11) is 0. The Hall–Kier alpha value is -0.0600. The van der Waals surface area contributed by atoms with Crippen LogP contribution in [0.2, 0.25) is 10.0 Å². The molecule has 0 bridgehead atoms. The molecule has 0 amide bonds. The van der Waals surface area contributed by atoms with Crippen LogP contribution in [0.4, 0.5) is 13.2 Å². The van der Waals surface area contributed by atoms with E-state index in [9.17, 15) is 13.2 Å². The summed E-state index contributed by atoms with van der Waals surface area (Å²) < 4.78 is 35.9. The fraction of sp³-hybridized carbons (Fsp3) is 0.250. The van der Waals surface area contributed by atoms with E-state index in [1.807, 2.05) is 0 Å². The van der Waals surface area contributed by atoms with Crippen molar-refractivity contribution in [2.24, 2.45) is 0 Å². The summed E-state index contributed by atoms with van der Waals surface area (Å²) in [5, 5.41) is 0.480. The lowest BCUT2D eigenvalue weighted by Gasteiger charge is -2.08. The maximum absolute atomic E-state index is 12.0. The lowest BCUT2D eigenvalue weighted by atomic mass is 10.2. The van der Waals surface area contributed by atoms with Gasteiger partial charge >= 0.3 is 5.51 Å². The van der Waals surface area contributed by atoms with Crippen LogP contribution in [0.1, 0.15) is 5.56 Å². The number of hydrogen-bond acceptors (Lipinski definition) is 1. The summed E-state index contributed by atoms with van der Waals surface area (Å²) in [5.74, 6) is 0. The van der Waals surface area contributed by atoms with E-state index >= 15 is 0 Å². The van der Waals surface area contributed by atoms with Gasteiger partial charge in [0.05, 0.1) is 0 Å². The molecule has 0 heterocycles. The number of halogens is 5. The van der Waals surface area contributed by atoms with Gasteiger partial charge in [-0.05, 0) is 36.4 Å². The maximum Gasteiger partial charge on any atom is 0.446 e. The largest absolute Gasteiger partial charge is 0.446 e. The molecule has 0 saturated carbocycles.